The van der Waals surface area contributed by atoms with E-state index < -0.39 is 65.9 Å². The minimum atomic E-state index is -1.56. The summed E-state index contributed by atoms with van der Waals surface area (Å²) in [5.41, 5.74) is 17.3. The molecule has 1 fully saturated rings. The number of phenols is 1. The maximum Gasteiger partial charge on any atom is 0.328 e. The number of hydrogen-bond acceptors (Lipinski definition) is 9. The molecule has 2 rings (SSSR count). The van der Waals surface area contributed by atoms with Gasteiger partial charge in [-0.05, 0) is 62.6 Å². The van der Waals surface area contributed by atoms with Crippen LogP contribution in [0.5, 0.6) is 5.75 Å². The summed E-state index contributed by atoms with van der Waals surface area (Å²) in [6.45, 7) is 5.43. The van der Waals surface area contributed by atoms with Crippen LogP contribution in [0.4, 0.5) is 0 Å². The average molecular weight is 649 g/mol. The van der Waals surface area contributed by atoms with Gasteiger partial charge in [0, 0.05) is 19.5 Å². The van der Waals surface area contributed by atoms with E-state index in [1.807, 2.05) is 13.8 Å². The van der Waals surface area contributed by atoms with Crippen LogP contribution in [0.15, 0.2) is 29.3 Å². The lowest BCUT2D eigenvalue weighted by molar-refractivity contribution is -0.147. The minimum absolute atomic E-state index is 0.0197. The number of carbonyl (C=O) groups excluding carboxylic acids is 4. The van der Waals surface area contributed by atoms with Crippen molar-refractivity contribution in [2.75, 3.05) is 13.1 Å². The molecule has 1 aliphatic heterocycles. The highest BCUT2D eigenvalue weighted by molar-refractivity contribution is 5.96. The number of aliphatic hydroxyl groups is 1. The standard InChI is InChI=1S/C30H48N8O8/c1-16(2)14-22(28(44)38-13-5-7-23(38)27(43)37-24(17(3)39)29(45)46)36-26(42)21(15-18-8-10-19(40)11-9-18)35-25(41)20(31)6-4-12-34-30(32)33/h8-11,16-17,20-24,39-40H,4-7,12-15,31H2,1-3H3,(H,35,41)(H,36,42)(H,37,43)(H,45,46)(H4,32,33,34)/t17-,20+,21+,22+,23+,24+/m1/s1. The van der Waals surface area contributed by atoms with Gasteiger partial charge in [0.1, 0.15) is 23.9 Å². The molecule has 256 valence electrons. The number of carboxylic acids is 1. The number of phenolic OH excluding ortho intramolecular Hbond substituents is 1. The second-order valence-corrected chi connectivity index (χ2v) is 11.9. The van der Waals surface area contributed by atoms with Gasteiger partial charge in [0.2, 0.25) is 23.6 Å². The fraction of sp³-hybridized carbons (Fsp3) is 0.600. The van der Waals surface area contributed by atoms with E-state index in [0.29, 0.717) is 18.4 Å². The lowest BCUT2D eigenvalue weighted by atomic mass is 10.00. The van der Waals surface area contributed by atoms with Gasteiger partial charge >= 0.3 is 5.97 Å². The third kappa shape index (κ3) is 11.8. The predicted molar refractivity (Wildman–Crippen MR) is 169 cm³/mol. The molecule has 0 aromatic heterocycles. The van der Waals surface area contributed by atoms with E-state index in [4.69, 9.17) is 17.2 Å². The Bertz CT molecular complexity index is 1240. The van der Waals surface area contributed by atoms with Crippen molar-refractivity contribution in [3.05, 3.63) is 29.8 Å². The number of benzene rings is 1. The number of rotatable bonds is 17. The fourth-order valence-corrected chi connectivity index (χ4v) is 5.11. The first kappa shape index (κ1) is 37.7. The molecule has 4 amide bonds. The highest BCUT2D eigenvalue weighted by Crippen LogP contribution is 2.21. The summed E-state index contributed by atoms with van der Waals surface area (Å²) in [6, 6.07) is 0.330. The van der Waals surface area contributed by atoms with Crippen molar-refractivity contribution in [1.29, 1.82) is 0 Å². The summed E-state index contributed by atoms with van der Waals surface area (Å²) >= 11 is 0. The number of aromatic hydroxyl groups is 1. The molecule has 16 nitrogen and oxygen atoms in total. The average Bonchev–Trinajstić information content (AvgIpc) is 3.47. The summed E-state index contributed by atoms with van der Waals surface area (Å²) in [5, 5.41) is 36.6. The number of aliphatic hydroxyl groups excluding tert-OH is 1. The molecular formula is C30H48N8O8. The van der Waals surface area contributed by atoms with Crippen molar-refractivity contribution < 1.29 is 39.3 Å². The molecule has 0 unspecified atom stereocenters. The van der Waals surface area contributed by atoms with Crippen molar-refractivity contribution in [2.24, 2.45) is 28.1 Å². The van der Waals surface area contributed by atoms with E-state index in [2.05, 4.69) is 20.9 Å². The summed E-state index contributed by atoms with van der Waals surface area (Å²) < 4.78 is 0. The SMILES string of the molecule is CC(C)C[C@H](NC(=O)[C@H](Cc1ccc(O)cc1)NC(=O)[C@@H](N)CCCN=C(N)N)C(=O)N1CCC[C@H]1C(=O)N[C@H](C(=O)O)[C@@H](C)O. The van der Waals surface area contributed by atoms with Gasteiger partial charge in [-0.3, -0.25) is 24.2 Å². The maximum atomic E-state index is 13.8. The van der Waals surface area contributed by atoms with E-state index in [9.17, 15) is 39.3 Å². The second-order valence-electron chi connectivity index (χ2n) is 11.9. The normalized spacial score (nSPS) is 17.7. The third-order valence-electron chi connectivity index (χ3n) is 7.52. The molecule has 0 aliphatic carbocycles. The molecule has 6 atom stereocenters. The number of guanidine groups is 1. The van der Waals surface area contributed by atoms with E-state index >= 15 is 0 Å². The molecule has 1 saturated heterocycles. The van der Waals surface area contributed by atoms with Gasteiger partial charge < -0.3 is 53.4 Å². The number of likely N-dealkylation sites (tertiary alicyclic amines) is 1. The first-order valence-electron chi connectivity index (χ1n) is 15.3. The van der Waals surface area contributed by atoms with Crippen LogP contribution in [0, 0.1) is 5.92 Å². The van der Waals surface area contributed by atoms with Gasteiger partial charge in [-0.15, -0.1) is 0 Å². The zero-order chi connectivity index (χ0) is 34.6. The van der Waals surface area contributed by atoms with E-state index in [0.717, 1.165) is 0 Å². The van der Waals surface area contributed by atoms with Crippen LogP contribution in [0.1, 0.15) is 58.4 Å². The number of nitrogens with zero attached hydrogens (tertiary/aromatic N) is 2. The van der Waals surface area contributed by atoms with Crippen molar-refractivity contribution in [3.8, 4) is 5.75 Å². The van der Waals surface area contributed by atoms with Gasteiger partial charge in [0.15, 0.2) is 12.0 Å². The molecular weight excluding hydrogens is 600 g/mol. The number of carbonyl (C=O) groups is 5. The Balaban J connectivity index is 2.25. The van der Waals surface area contributed by atoms with Crippen LogP contribution in [0.2, 0.25) is 0 Å². The van der Waals surface area contributed by atoms with Crippen LogP contribution in [0.25, 0.3) is 0 Å². The number of amides is 4. The van der Waals surface area contributed by atoms with Crippen molar-refractivity contribution in [2.45, 2.75) is 95.6 Å². The highest BCUT2D eigenvalue weighted by Gasteiger charge is 2.40. The lowest BCUT2D eigenvalue weighted by Crippen LogP contribution is -2.59. The Morgan fingerprint density at radius 1 is 1.00 bits per heavy atom. The molecule has 1 heterocycles. The number of aliphatic carboxylic acids is 1. The quantitative estimate of drug-likeness (QED) is 0.0520. The fourth-order valence-electron chi connectivity index (χ4n) is 5.11. The molecule has 0 radical (unpaired) electrons. The zero-order valence-corrected chi connectivity index (χ0v) is 26.5. The summed E-state index contributed by atoms with van der Waals surface area (Å²) in [7, 11) is 0. The highest BCUT2D eigenvalue weighted by atomic mass is 16.4. The molecule has 46 heavy (non-hydrogen) atoms. The predicted octanol–water partition coefficient (Wildman–Crippen LogP) is -1.73. The molecule has 1 aliphatic rings. The van der Waals surface area contributed by atoms with Gasteiger partial charge in [0.25, 0.3) is 0 Å². The van der Waals surface area contributed by atoms with Crippen molar-refractivity contribution in [3.63, 3.8) is 0 Å². The first-order chi connectivity index (χ1) is 21.6. The number of aliphatic imine (C=N–C) groups is 1. The first-order valence-corrected chi connectivity index (χ1v) is 15.3. The molecule has 1 aromatic carbocycles. The van der Waals surface area contributed by atoms with Gasteiger partial charge in [-0.1, -0.05) is 26.0 Å². The van der Waals surface area contributed by atoms with E-state index in [-0.39, 0.29) is 56.4 Å². The molecule has 1 aromatic rings. The topological polar surface area (TPSA) is 276 Å². The Kier molecular flexibility index (Phi) is 14.7. The molecule has 0 bridgehead atoms. The number of carboxylic acid groups (broad SMARTS) is 1. The Hall–Kier alpha value is -4.44. The van der Waals surface area contributed by atoms with Crippen LogP contribution in [-0.4, -0.2) is 105 Å². The number of nitrogens with two attached hydrogens (primary N) is 3. The summed E-state index contributed by atoms with van der Waals surface area (Å²) in [5.74, 6) is -4.05. The van der Waals surface area contributed by atoms with Crippen LogP contribution >= 0.6 is 0 Å². The Morgan fingerprint density at radius 2 is 1.63 bits per heavy atom. The smallest absolute Gasteiger partial charge is 0.328 e. The monoisotopic (exact) mass is 648 g/mol. The van der Waals surface area contributed by atoms with Crippen molar-refractivity contribution in [1.82, 2.24) is 20.9 Å². The van der Waals surface area contributed by atoms with Crippen LogP contribution < -0.4 is 33.2 Å². The summed E-state index contributed by atoms with van der Waals surface area (Å²) in [4.78, 5) is 70.3. The molecule has 12 N–H and O–H groups in total. The lowest BCUT2D eigenvalue weighted by Gasteiger charge is -2.31. The molecule has 0 spiro atoms. The van der Waals surface area contributed by atoms with Gasteiger partial charge in [0.05, 0.1) is 12.1 Å². The maximum absolute atomic E-state index is 13.8. The van der Waals surface area contributed by atoms with Gasteiger partial charge in [-0.25, -0.2) is 4.79 Å². The molecule has 0 saturated carbocycles. The Morgan fingerprint density at radius 3 is 2.20 bits per heavy atom. The van der Waals surface area contributed by atoms with Gasteiger partial charge in [-0.2, -0.15) is 0 Å². The second kappa shape index (κ2) is 17.9. The molecule has 16 heteroatoms. The third-order valence-corrected chi connectivity index (χ3v) is 7.52. The largest absolute Gasteiger partial charge is 0.508 e. The Labute approximate surface area is 268 Å². The number of hydrogen-bond donors (Lipinski definition) is 9. The summed E-state index contributed by atoms with van der Waals surface area (Å²) in [6.07, 6.45) is 0.261. The van der Waals surface area contributed by atoms with Crippen LogP contribution in [0.3, 0.4) is 0 Å². The minimum Gasteiger partial charge on any atom is -0.508 e. The van der Waals surface area contributed by atoms with Crippen LogP contribution in [-0.2, 0) is 30.4 Å². The van der Waals surface area contributed by atoms with E-state index in [1.165, 1.54) is 24.0 Å². The zero-order valence-electron chi connectivity index (χ0n) is 26.5. The number of nitrogens with one attached hydrogen (secondary N) is 3. The van der Waals surface area contributed by atoms with E-state index in [1.54, 1.807) is 12.1 Å². The van der Waals surface area contributed by atoms with Crippen molar-refractivity contribution >= 4 is 35.6 Å².